The predicted molar refractivity (Wildman–Crippen MR) is 105 cm³/mol. The first-order valence-electron chi connectivity index (χ1n) is 8.80. The summed E-state index contributed by atoms with van der Waals surface area (Å²) in [4.78, 5) is 17.3. The molecule has 0 spiro atoms. The van der Waals surface area contributed by atoms with Crippen molar-refractivity contribution in [2.45, 2.75) is 25.5 Å². The number of rotatable bonds is 5. The van der Waals surface area contributed by atoms with Crippen molar-refractivity contribution in [2.75, 3.05) is 13.2 Å². The summed E-state index contributed by atoms with van der Waals surface area (Å²) in [6, 6.07) is 15.9. The van der Waals surface area contributed by atoms with Gasteiger partial charge < -0.3 is 14.6 Å². The SMILES string of the molecule is O=C(Cn1c(-c2cccc(Br)c2)nc2ccccc21)NCC1CCCO1. The van der Waals surface area contributed by atoms with E-state index in [-0.39, 0.29) is 18.6 Å². The van der Waals surface area contributed by atoms with Crippen LogP contribution >= 0.6 is 15.9 Å². The number of carbonyl (C=O) groups excluding carboxylic acids is 1. The zero-order valence-corrected chi connectivity index (χ0v) is 15.9. The van der Waals surface area contributed by atoms with Crippen molar-refractivity contribution in [2.24, 2.45) is 0 Å². The van der Waals surface area contributed by atoms with Crippen molar-refractivity contribution in [1.82, 2.24) is 14.9 Å². The van der Waals surface area contributed by atoms with Gasteiger partial charge in [-0.15, -0.1) is 0 Å². The lowest BCUT2D eigenvalue weighted by Gasteiger charge is -2.13. The molecule has 2 aromatic carbocycles. The number of fused-ring (bicyclic) bond motifs is 1. The number of ether oxygens (including phenoxy) is 1. The van der Waals surface area contributed by atoms with Crippen LogP contribution in [0.2, 0.25) is 0 Å². The fraction of sp³-hybridized carbons (Fsp3) is 0.300. The molecule has 4 rings (SSSR count). The summed E-state index contributed by atoms with van der Waals surface area (Å²) in [5.74, 6) is 0.764. The number of nitrogens with zero attached hydrogens (tertiary/aromatic N) is 2. The number of imidazole rings is 1. The van der Waals surface area contributed by atoms with Gasteiger partial charge in [-0.25, -0.2) is 4.98 Å². The van der Waals surface area contributed by atoms with Gasteiger partial charge in [0.05, 0.1) is 17.1 Å². The van der Waals surface area contributed by atoms with Gasteiger partial charge in [0.2, 0.25) is 5.91 Å². The minimum Gasteiger partial charge on any atom is -0.376 e. The van der Waals surface area contributed by atoms with Crippen molar-refractivity contribution in [3.05, 3.63) is 53.0 Å². The van der Waals surface area contributed by atoms with Crippen molar-refractivity contribution >= 4 is 32.9 Å². The number of benzene rings is 2. The Kier molecular flexibility index (Phi) is 5.04. The molecule has 1 atom stereocenters. The molecule has 0 aliphatic carbocycles. The largest absolute Gasteiger partial charge is 0.376 e. The zero-order valence-electron chi connectivity index (χ0n) is 14.3. The van der Waals surface area contributed by atoms with E-state index in [9.17, 15) is 4.79 Å². The lowest BCUT2D eigenvalue weighted by atomic mass is 10.2. The molecule has 1 unspecified atom stereocenters. The molecule has 5 nitrogen and oxygen atoms in total. The molecule has 6 heteroatoms. The van der Waals surface area contributed by atoms with E-state index in [2.05, 4.69) is 21.2 Å². The zero-order chi connectivity index (χ0) is 17.9. The third-order valence-corrected chi connectivity index (χ3v) is 5.08. The third kappa shape index (κ3) is 3.66. The third-order valence-electron chi connectivity index (χ3n) is 4.59. The van der Waals surface area contributed by atoms with Gasteiger partial charge in [-0.3, -0.25) is 4.79 Å². The maximum absolute atomic E-state index is 12.5. The number of hydrogen-bond acceptors (Lipinski definition) is 3. The molecule has 26 heavy (non-hydrogen) atoms. The number of nitrogens with one attached hydrogen (secondary N) is 1. The first kappa shape index (κ1) is 17.2. The molecule has 0 saturated carbocycles. The number of hydrogen-bond donors (Lipinski definition) is 1. The first-order valence-corrected chi connectivity index (χ1v) is 9.59. The van der Waals surface area contributed by atoms with Crippen molar-refractivity contribution in [1.29, 1.82) is 0 Å². The summed E-state index contributed by atoms with van der Waals surface area (Å²) >= 11 is 3.51. The topological polar surface area (TPSA) is 56.2 Å². The van der Waals surface area contributed by atoms with Crippen LogP contribution in [0.3, 0.4) is 0 Å². The van der Waals surface area contributed by atoms with Crippen LogP contribution in [0, 0.1) is 0 Å². The van der Waals surface area contributed by atoms with E-state index in [4.69, 9.17) is 9.72 Å². The number of amides is 1. The number of halogens is 1. The average Bonchev–Trinajstić information content (AvgIpc) is 3.28. The normalized spacial score (nSPS) is 16.9. The second-order valence-electron chi connectivity index (χ2n) is 6.46. The van der Waals surface area contributed by atoms with Crippen LogP contribution in [-0.4, -0.2) is 34.7 Å². The Balaban J connectivity index is 1.62. The molecule has 2 heterocycles. The molecule has 3 aromatic rings. The van der Waals surface area contributed by atoms with Crippen LogP contribution < -0.4 is 5.32 Å². The first-order chi connectivity index (χ1) is 12.7. The fourth-order valence-electron chi connectivity index (χ4n) is 3.32. The fourth-order valence-corrected chi connectivity index (χ4v) is 3.72. The van der Waals surface area contributed by atoms with Gasteiger partial charge in [-0.2, -0.15) is 0 Å². The van der Waals surface area contributed by atoms with Crippen LogP contribution in [0.5, 0.6) is 0 Å². The molecule has 1 aromatic heterocycles. The summed E-state index contributed by atoms with van der Waals surface area (Å²) in [5, 5.41) is 3.00. The van der Waals surface area contributed by atoms with E-state index >= 15 is 0 Å². The highest BCUT2D eigenvalue weighted by molar-refractivity contribution is 9.10. The Morgan fingerprint density at radius 1 is 1.27 bits per heavy atom. The number of carbonyl (C=O) groups is 1. The smallest absolute Gasteiger partial charge is 0.240 e. The summed E-state index contributed by atoms with van der Waals surface area (Å²) in [6.45, 7) is 1.59. The Bertz CT molecular complexity index is 932. The van der Waals surface area contributed by atoms with E-state index in [1.165, 1.54) is 0 Å². The van der Waals surface area contributed by atoms with E-state index in [0.29, 0.717) is 6.54 Å². The molecule has 0 radical (unpaired) electrons. The summed E-state index contributed by atoms with van der Waals surface area (Å²) in [7, 11) is 0. The molecular weight excluding hydrogens is 394 g/mol. The van der Waals surface area contributed by atoms with Gasteiger partial charge in [0.25, 0.3) is 0 Å². The van der Waals surface area contributed by atoms with Crippen LogP contribution in [0.1, 0.15) is 12.8 Å². The number of para-hydroxylation sites is 2. The van der Waals surface area contributed by atoms with Crippen LogP contribution in [0.4, 0.5) is 0 Å². The monoisotopic (exact) mass is 413 g/mol. The second kappa shape index (κ2) is 7.60. The van der Waals surface area contributed by atoms with Crippen LogP contribution in [0.25, 0.3) is 22.4 Å². The van der Waals surface area contributed by atoms with E-state index in [1.54, 1.807) is 0 Å². The lowest BCUT2D eigenvalue weighted by molar-refractivity contribution is -0.122. The van der Waals surface area contributed by atoms with Gasteiger partial charge in [0.1, 0.15) is 12.4 Å². The molecular formula is C20H20BrN3O2. The molecule has 1 N–H and O–H groups in total. The predicted octanol–water partition coefficient (Wildman–Crippen LogP) is 3.76. The van der Waals surface area contributed by atoms with Crippen molar-refractivity contribution in [3.8, 4) is 11.4 Å². The van der Waals surface area contributed by atoms with Gasteiger partial charge in [0, 0.05) is 23.2 Å². The molecule has 0 bridgehead atoms. The van der Waals surface area contributed by atoms with Gasteiger partial charge >= 0.3 is 0 Å². The maximum atomic E-state index is 12.5. The highest BCUT2D eigenvalue weighted by atomic mass is 79.9. The quantitative estimate of drug-likeness (QED) is 0.692. The van der Waals surface area contributed by atoms with E-state index < -0.39 is 0 Å². The standard InChI is InChI=1S/C20H20BrN3O2/c21-15-6-3-5-14(11-15)20-23-17-8-1-2-9-18(17)24(20)13-19(25)22-12-16-7-4-10-26-16/h1-3,5-6,8-9,11,16H,4,7,10,12-13H2,(H,22,25). The molecule has 1 amide bonds. The van der Waals surface area contributed by atoms with Gasteiger partial charge in [0.15, 0.2) is 0 Å². The minimum atomic E-state index is -0.0279. The Labute approximate surface area is 160 Å². The highest BCUT2D eigenvalue weighted by Gasteiger charge is 2.18. The second-order valence-corrected chi connectivity index (χ2v) is 7.38. The Morgan fingerprint density at radius 2 is 2.15 bits per heavy atom. The summed E-state index contributed by atoms with van der Waals surface area (Å²) in [5.41, 5.74) is 2.81. The van der Waals surface area contributed by atoms with E-state index in [0.717, 1.165) is 46.3 Å². The molecule has 1 saturated heterocycles. The van der Waals surface area contributed by atoms with E-state index in [1.807, 2.05) is 53.1 Å². The lowest BCUT2D eigenvalue weighted by Crippen LogP contribution is -2.34. The van der Waals surface area contributed by atoms with Crippen molar-refractivity contribution < 1.29 is 9.53 Å². The van der Waals surface area contributed by atoms with Crippen molar-refractivity contribution in [3.63, 3.8) is 0 Å². The van der Waals surface area contributed by atoms with Gasteiger partial charge in [-0.05, 0) is 37.1 Å². The van der Waals surface area contributed by atoms with Crippen LogP contribution in [0.15, 0.2) is 53.0 Å². The molecule has 1 fully saturated rings. The summed E-state index contributed by atoms with van der Waals surface area (Å²) in [6.07, 6.45) is 2.22. The average molecular weight is 414 g/mol. The Hall–Kier alpha value is -2.18. The minimum absolute atomic E-state index is 0.0279. The number of aromatic nitrogens is 2. The molecule has 134 valence electrons. The highest BCUT2D eigenvalue weighted by Crippen LogP contribution is 2.26. The molecule has 1 aliphatic rings. The summed E-state index contributed by atoms with van der Waals surface area (Å²) < 4.78 is 8.53. The van der Waals surface area contributed by atoms with Gasteiger partial charge in [-0.1, -0.05) is 40.2 Å². The van der Waals surface area contributed by atoms with Crippen LogP contribution in [-0.2, 0) is 16.1 Å². The maximum Gasteiger partial charge on any atom is 0.240 e. The molecule has 1 aliphatic heterocycles. The Morgan fingerprint density at radius 3 is 2.96 bits per heavy atom.